The average molecular weight is 957 g/mol. The molecule has 3 aromatic carbocycles. The van der Waals surface area contributed by atoms with Crippen LogP contribution in [0.15, 0.2) is 0 Å². The first-order valence-corrected chi connectivity index (χ1v) is 19.1. The Morgan fingerprint density at radius 2 is 0.442 bits per heavy atom. The van der Waals surface area contributed by atoms with Crippen LogP contribution in [0.3, 0.4) is 0 Å². The van der Waals surface area contributed by atoms with Crippen molar-refractivity contribution < 1.29 is 28.6 Å². The van der Waals surface area contributed by atoms with Crippen LogP contribution in [0.2, 0.25) is 60.3 Å². The highest BCUT2D eigenvalue weighted by Gasteiger charge is 2.41. The number of carbonyl (C=O) groups excluding carboxylic acids is 3. The minimum atomic E-state index is -0.979. The van der Waals surface area contributed by atoms with E-state index in [1.807, 2.05) is 0 Å². The molecular formula is C34H27Cl12O6. The summed E-state index contributed by atoms with van der Waals surface area (Å²) in [5.74, 6) is -3.19. The SMILES string of the molecule is CC(C)(C)OC(=O)c1c(Cl)c(Cl)c([C](c2c(Cl)c(Cl)c(C(=O)OC(C)(C)C)c(Cl)c2Cl)c2c(Cl)c(Cl)c(C(=O)OC(C)(C)C)c(Cl)c2Cl)c(Cl)c1Cl. The second-order valence-corrected chi connectivity index (χ2v) is 18.4. The van der Waals surface area contributed by atoms with Crippen molar-refractivity contribution in [3.05, 3.63) is 99.6 Å². The zero-order chi connectivity index (χ0) is 40.3. The normalized spacial score (nSPS) is 12.3. The zero-order valence-corrected chi connectivity index (χ0v) is 37.6. The molecule has 0 heterocycles. The maximum atomic E-state index is 13.3. The minimum absolute atomic E-state index is 0.285. The van der Waals surface area contributed by atoms with Crippen molar-refractivity contribution in [1.82, 2.24) is 0 Å². The molecule has 0 aliphatic carbocycles. The number of hydrogen-bond donors (Lipinski definition) is 0. The van der Waals surface area contributed by atoms with Gasteiger partial charge in [-0.3, -0.25) is 0 Å². The molecule has 6 nitrogen and oxygen atoms in total. The Kier molecular flexibility index (Phi) is 14.6. The molecule has 0 saturated carbocycles. The fraction of sp³-hybridized carbons (Fsp3) is 0.353. The molecule has 0 bridgehead atoms. The lowest BCUT2D eigenvalue weighted by molar-refractivity contribution is 0.00573. The van der Waals surface area contributed by atoms with Crippen LogP contribution < -0.4 is 0 Å². The summed E-state index contributed by atoms with van der Waals surface area (Å²) in [4.78, 5) is 39.8. The Labute approximate surface area is 361 Å². The van der Waals surface area contributed by atoms with Gasteiger partial charge in [0.2, 0.25) is 0 Å². The van der Waals surface area contributed by atoms with Gasteiger partial charge in [0.1, 0.15) is 16.8 Å². The number of benzene rings is 3. The lowest BCUT2D eigenvalue weighted by atomic mass is 9.83. The molecule has 0 spiro atoms. The number of rotatable bonds is 6. The van der Waals surface area contributed by atoms with Gasteiger partial charge in [-0.2, -0.15) is 0 Å². The number of hydrogen-bond acceptors (Lipinski definition) is 6. The predicted molar refractivity (Wildman–Crippen MR) is 216 cm³/mol. The molecule has 0 atom stereocenters. The van der Waals surface area contributed by atoms with E-state index in [0.29, 0.717) is 0 Å². The predicted octanol–water partition coefficient (Wildman–Crippen LogP) is 15.4. The molecule has 3 rings (SSSR count). The Bertz CT molecular complexity index is 1690. The van der Waals surface area contributed by atoms with Crippen LogP contribution in [0.1, 0.15) is 110 Å². The van der Waals surface area contributed by atoms with E-state index < -0.39 is 112 Å². The molecular weight excluding hydrogens is 930 g/mol. The molecule has 0 saturated heterocycles. The first-order valence-electron chi connectivity index (χ1n) is 14.6. The van der Waals surface area contributed by atoms with Gasteiger partial charge in [-0.1, -0.05) is 139 Å². The third-order valence-electron chi connectivity index (χ3n) is 6.35. The van der Waals surface area contributed by atoms with Gasteiger partial charge in [0.05, 0.1) is 82.9 Å². The molecule has 0 N–H and O–H groups in total. The topological polar surface area (TPSA) is 78.9 Å². The van der Waals surface area contributed by atoms with E-state index in [0.717, 1.165) is 0 Å². The second kappa shape index (κ2) is 16.6. The molecule has 18 heteroatoms. The van der Waals surface area contributed by atoms with Crippen LogP contribution in [0.25, 0.3) is 0 Å². The van der Waals surface area contributed by atoms with Gasteiger partial charge in [0.15, 0.2) is 0 Å². The molecule has 0 aliphatic heterocycles. The number of halogens is 12. The Morgan fingerprint density at radius 3 is 0.577 bits per heavy atom. The summed E-state index contributed by atoms with van der Waals surface area (Å²) in [6.07, 6.45) is 0. The van der Waals surface area contributed by atoms with Gasteiger partial charge in [0.25, 0.3) is 0 Å². The molecule has 0 unspecified atom stereocenters. The van der Waals surface area contributed by atoms with E-state index in [1.54, 1.807) is 62.3 Å². The summed E-state index contributed by atoms with van der Waals surface area (Å²) in [6.45, 7) is 14.6. The summed E-state index contributed by atoms with van der Waals surface area (Å²) >= 11 is 81.7. The molecule has 283 valence electrons. The van der Waals surface area contributed by atoms with Gasteiger partial charge in [0, 0.05) is 16.7 Å². The summed E-state index contributed by atoms with van der Waals surface area (Å²) in [5.41, 5.74) is -4.96. The van der Waals surface area contributed by atoms with E-state index in [4.69, 9.17) is 153 Å². The van der Waals surface area contributed by atoms with E-state index in [9.17, 15) is 14.4 Å². The van der Waals surface area contributed by atoms with Crippen molar-refractivity contribution in [2.24, 2.45) is 0 Å². The molecule has 52 heavy (non-hydrogen) atoms. The maximum Gasteiger partial charge on any atom is 0.341 e. The van der Waals surface area contributed by atoms with Crippen molar-refractivity contribution in [1.29, 1.82) is 0 Å². The van der Waals surface area contributed by atoms with Crippen LogP contribution in [0.4, 0.5) is 0 Å². The number of ether oxygens (including phenoxy) is 3. The summed E-state index contributed by atoms with van der Waals surface area (Å²) in [5, 5.41) is -5.08. The van der Waals surface area contributed by atoms with Gasteiger partial charge in [-0.15, -0.1) is 0 Å². The van der Waals surface area contributed by atoms with E-state index >= 15 is 0 Å². The first kappa shape index (κ1) is 45.9. The highest BCUT2D eigenvalue weighted by Crippen LogP contribution is 2.57. The quantitative estimate of drug-likeness (QED) is 0.106. The van der Waals surface area contributed by atoms with Crippen molar-refractivity contribution in [3.8, 4) is 0 Å². The molecule has 3 aromatic rings. The molecule has 0 aliphatic rings. The van der Waals surface area contributed by atoms with Crippen LogP contribution in [-0.4, -0.2) is 34.7 Å². The summed E-state index contributed by atoms with van der Waals surface area (Å²) in [7, 11) is 0. The fourth-order valence-corrected chi connectivity index (χ4v) is 8.04. The van der Waals surface area contributed by atoms with Crippen molar-refractivity contribution in [2.75, 3.05) is 0 Å². The Hall–Kier alpha value is -0.450. The van der Waals surface area contributed by atoms with Gasteiger partial charge < -0.3 is 14.2 Å². The van der Waals surface area contributed by atoms with Gasteiger partial charge in [-0.05, 0) is 62.3 Å². The Balaban J connectivity index is 2.63. The van der Waals surface area contributed by atoms with E-state index in [1.165, 1.54) is 0 Å². The molecule has 0 amide bonds. The largest absolute Gasteiger partial charge is 0.456 e. The average Bonchev–Trinajstić information content (AvgIpc) is 2.95. The third-order valence-corrected chi connectivity index (χ3v) is 11.5. The standard InChI is InChI=1S/C34H27Cl12O6/c1-32(2,3)50-29(47)14-23(41)17(35)11(18(36)24(14)42)10(12-19(37)25(43)15(26(44)20(12)38)30(48)51-33(4,5)6)13-21(39)27(45)16(28(46)22(13)40)31(49)52-34(7,8)9/h1-9H3. The van der Waals surface area contributed by atoms with Gasteiger partial charge >= 0.3 is 17.9 Å². The summed E-state index contributed by atoms with van der Waals surface area (Å²) in [6, 6.07) is 0. The second-order valence-electron chi connectivity index (χ2n) is 13.9. The third kappa shape index (κ3) is 9.56. The van der Waals surface area contributed by atoms with Gasteiger partial charge in [-0.25, -0.2) is 14.4 Å². The van der Waals surface area contributed by atoms with Crippen LogP contribution in [0.5, 0.6) is 0 Å². The molecule has 0 aromatic heterocycles. The highest BCUT2D eigenvalue weighted by atomic mass is 35.5. The minimum Gasteiger partial charge on any atom is -0.456 e. The monoisotopic (exact) mass is 951 g/mol. The number of esters is 3. The highest BCUT2D eigenvalue weighted by molar-refractivity contribution is 6.54. The van der Waals surface area contributed by atoms with Crippen LogP contribution in [0, 0.1) is 5.92 Å². The van der Waals surface area contributed by atoms with Crippen molar-refractivity contribution in [3.63, 3.8) is 0 Å². The van der Waals surface area contributed by atoms with E-state index in [-0.39, 0.29) is 22.6 Å². The number of carbonyl (C=O) groups is 3. The van der Waals surface area contributed by atoms with Crippen molar-refractivity contribution in [2.45, 2.75) is 79.1 Å². The Morgan fingerprint density at radius 1 is 0.308 bits per heavy atom. The first-order chi connectivity index (χ1) is 23.4. The van der Waals surface area contributed by atoms with Crippen LogP contribution in [-0.2, 0) is 14.2 Å². The lowest BCUT2D eigenvalue weighted by Crippen LogP contribution is -2.25. The molecule has 1 radical (unpaired) electrons. The molecule has 0 fully saturated rings. The zero-order valence-electron chi connectivity index (χ0n) is 28.5. The summed E-state index contributed by atoms with van der Waals surface area (Å²) < 4.78 is 16.4. The lowest BCUT2D eigenvalue weighted by Gasteiger charge is -2.29. The van der Waals surface area contributed by atoms with Crippen LogP contribution >= 0.6 is 139 Å². The smallest absolute Gasteiger partial charge is 0.341 e. The van der Waals surface area contributed by atoms with Crippen molar-refractivity contribution >= 4 is 157 Å². The maximum absolute atomic E-state index is 13.3. The van der Waals surface area contributed by atoms with E-state index in [2.05, 4.69) is 0 Å². The fourth-order valence-electron chi connectivity index (χ4n) is 4.45.